The van der Waals surface area contributed by atoms with E-state index in [9.17, 15) is 4.79 Å². The molecule has 1 aliphatic carbocycles. The zero-order valence-electron chi connectivity index (χ0n) is 12.2. The number of nitrogens with zero attached hydrogens (tertiary/aromatic N) is 1. The first-order valence-corrected chi connectivity index (χ1v) is 7.29. The summed E-state index contributed by atoms with van der Waals surface area (Å²) >= 11 is 0. The fraction of sp³-hybridized carbons (Fsp3) is 0.278. The van der Waals surface area contributed by atoms with E-state index in [0.717, 1.165) is 17.7 Å². The molecule has 1 saturated carbocycles. The van der Waals surface area contributed by atoms with Crippen LogP contribution in [0.1, 0.15) is 23.5 Å². The second-order valence-corrected chi connectivity index (χ2v) is 5.80. The average Bonchev–Trinajstić information content (AvgIpc) is 3.28. The molecule has 2 unspecified atom stereocenters. The van der Waals surface area contributed by atoms with Crippen molar-refractivity contribution in [2.45, 2.75) is 18.9 Å². The molecule has 3 rings (SSSR count). The highest BCUT2D eigenvalue weighted by Gasteiger charge is 2.44. The number of nitrogens with two attached hydrogens (primary N) is 1. The first-order valence-electron chi connectivity index (χ1n) is 7.29. The van der Waals surface area contributed by atoms with Gasteiger partial charge in [-0.3, -0.25) is 4.79 Å². The summed E-state index contributed by atoms with van der Waals surface area (Å²) in [5.41, 5.74) is 8.86. The number of amides is 1. The van der Waals surface area contributed by atoms with Crippen LogP contribution >= 0.6 is 0 Å². The molecule has 2 aromatic carbocycles. The van der Waals surface area contributed by atoms with E-state index in [1.165, 1.54) is 5.56 Å². The molecule has 0 radical (unpaired) electrons. The maximum absolute atomic E-state index is 12.5. The van der Waals surface area contributed by atoms with E-state index in [2.05, 4.69) is 12.1 Å². The monoisotopic (exact) mass is 280 g/mol. The first-order chi connectivity index (χ1) is 10.1. The van der Waals surface area contributed by atoms with Crippen molar-refractivity contribution in [1.82, 2.24) is 4.90 Å². The Hall–Kier alpha value is -2.29. The Bertz CT molecular complexity index is 639. The summed E-state index contributed by atoms with van der Waals surface area (Å²) in [5, 5.41) is 0. The smallest absolute Gasteiger partial charge is 0.226 e. The summed E-state index contributed by atoms with van der Waals surface area (Å²) < 4.78 is 0. The number of carbonyl (C=O) groups excluding carboxylic acids is 1. The van der Waals surface area contributed by atoms with Crippen molar-refractivity contribution in [3.8, 4) is 0 Å². The highest BCUT2D eigenvalue weighted by Crippen LogP contribution is 2.48. The van der Waals surface area contributed by atoms with Gasteiger partial charge in [-0.25, -0.2) is 0 Å². The summed E-state index contributed by atoms with van der Waals surface area (Å²) in [6.45, 7) is 0.613. The molecular formula is C18H20N2O. The summed E-state index contributed by atoms with van der Waals surface area (Å²) in [6, 6.07) is 18.0. The Morgan fingerprint density at radius 1 is 1.19 bits per heavy atom. The number of carbonyl (C=O) groups is 1. The van der Waals surface area contributed by atoms with Crippen molar-refractivity contribution in [1.29, 1.82) is 0 Å². The average molecular weight is 280 g/mol. The largest absolute Gasteiger partial charge is 0.399 e. The molecule has 0 aromatic heterocycles. The molecule has 3 heteroatoms. The van der Waals surface area contributed by atoms with E-state index in [0.29, 0.717) is 12.5 Å². The third-order valence-electron chi connectivity index (χ3n) is 4.08. The van der Waals surface area contributed by atoms with Crippen LogP contribution in [0.15, 0.2) is 54.6 Å². The number of hydrogen-bond acceptors (Lipinski definition) is 2. The topological polar surface area (TPSA) is 46.3 Å². The zero-order chi connectivity index (χ0) is 14.8. The van der Waals surface area contributed by atoms with Gasteiger partial charge in [-0.15, -0.1) is 0 Å². The van der Waals surface area contributed by atoms with Crippen molar-refractivity contribution in [2.75, 3.05) is 12.8 Å². The minimum Gasteiger partial charge on any atom is -0.399 e. The van der Waals surface area contributed by atoms with Crippen LogP contribution in [0.4, 0.5) is 5.69 Å². The van der Waals surface area contributed by atoms with E-state index in [4.69, 9.17) is 5.73 Å². The van der Waals surface area contributed by atoms with Crippen LogP contribution in [0.5, 0.6) is 0 Å². The Morgan fingerprint density at radius 3 is 2.67 bits per heavy atom. The maximum Gasteiger partial charge on any atom is 0.226 e. The summed E-state index contributed by atoms with van der Waals surface area (Å²) in [6.07, 6.45) is 0.962. The van der Waals surface area contributed by atoms with Crippen molar-refractivity contribution in [3.63, 3.8) is 0 Å². The van der Waals surface area contributed by atoms with Crippen molar-refractivity contribution < 1.29 is 4.79 Å². The Balaban J connectivity index is 1.61. The lowest BCUT2D eigenvalue weighted by molar-refractivity contribution is -0.131. The Labute approximate surface area is 125 Å². The van der Waals surface area contributed by atoms with Crippen LogP contribution in [0.2, 0.25) is 0 Å². The third-order valence-corrected chi connectivity index (χ3v) is 4.08. The molecule has 108 valence electrons. The number of anilines is 1. The van der Waals surface area contributed by atoms with E-state index in [-0.39, 0.29) is 11.8 Å². The van der Waals surface area contributed by atoms with Crippen molar-refractivity contribution in [2.24, 2.45) is 5.92 Å². The van der Waals surface area contributed by atoms with Crippen LogP contribution in [0, 0.1) is 5.92 Å². The molecular weight excluding hydrogens is 260 g/mol. The second-order valence-electron chi connectivity index (χ2n) is 5.80. The summed E-state index contributed by atoms with van der Waals surface area (Å²) in [5.74, 6) is 0.756. The van der Waals surface area contributed by atoms with Crippen LogP contribution < -0.4 is 5.73 Å². The van der Waals surface area contributed by atoms with E-state index in [1.807, 2.05) is 54.4 Å². The van der Waals surface area contributed by atoms with Gasteiger partial charge in [-0.05, 0) is 35.6 Å². The lowest BCUT2D eigenvalue weighted by Gasteiger charge is -2.17. The van der Waals surface area contributed by atoms with E-state index in [1.54, 1.807) is 0 Å². The van der Waals surface area contributed by atoms with Gasteiger partial charge in [0.1, 0.15) is 0 Å². The minimum absolute atomic E-state index is 0.137. The molecule has 0 bridgehead atoms. The van der Waals surface area contributed by atoms with Crippen molar-refractivity contribution in [3.05, 3.63) is 65.7 Å². The Kier molecular flexibility index (Phi) is 3.65. The number of hydrogen-bond donors (Lipinski definition) is 1. The predicted molar refractivity (Wildman–Crippen MR) is 84.6 cm³/mol. The highest BCUT2D eigenvalue weighted by atomic mass is 16.2. The zero-order valence-corrected chi connectivity index (χ0v) is 12.2. The lowest BCUT2D eigenvalue weighted by atomic mass is 10.1. The molecule has 1 amide bonds. The van der Waals surface area contributed by atoms with Crippen molar-refractivity contribution >= 4 is 11.6 Å². The molecule has 0 aliphatic heterocycles. The summed E-state index contributed by atoms with van der Waals surface area (Å²) in [4.78, 5) is 14.3. The molecule has 21 heavy (non-hydrogen) atoms. The van der Waals surface area contributed by atoms with Gasteiger partial charge >= 0.3 is 0 Å². The molecule has 2 atom stereocenters. The maximum atomic E-state index is 12.5. The van der Waals surface area contributed by atoms with E-state index < -0.39 is 0 Å². The van der Waals surface area contributed by atoms with E-state index >= 15 is 0 Å². The van der Waals surface area contributed by atoms with Gasteiger partial charge in [0, 0.05) is 25.2 Å². The molecule has 0 spiro atoms. The third kappa shape index (κ3) is 3.07. The quantitative estimate of drug-likeness (QED) is 0.875. The SMILES string of the molecule is CN(Cc1cccc(N)c1)C(=O)C1CC1c1ccccc1. The normalized spacial score (nSPS) is 20.0. The number of benzene rings is 2. The molecule has 1 fully saturated rings. The number of nitrogen functional groups attached to an aromatic ring is 1. The highest BCUT2D eigenvalue weighted by molar-refractivity contribution is 5.82. The van der Waals surface area contributed by atoms with Gasteiger partial charge in [0.25, 0.3) is 0 Å². The predicted octanol–water partition coefficient (Wildman–Crippen LogP) is 3.03. The van der Waals surface area contributed by atoms with Crippen LogP contribution in [-0.2, 0) is 11.3 Å². The van der Waals surface area contributed by atoms with Gasteiger partial charge < -0.3 is 10.6 Å². The van der Waals surface area contributed by atoms with Gasteiger partial charge in [0.2, 0.25) is 5.91 Å². The molecule has 1 aliphatic rings. The Morgan fingerprint density at radius 2 is 1.95 bits per heavy atom. The minimum atomic E-state index is 0.137. The van der Waals surface area contributed by atoms with Gasteiger partial charge in [0.15, 0.2) is 0 Å². The standard InChI is InChI=1S/C18H20N2O/c1-20(12-13-6-5-9-15(19)10-13)18(21)17-11-16(17)14-7-3-2-4-8-14/h2-10,16-17H,11-12,19H2,1H3. The molecule has 0 saturated heterocycles. The van der Waals surface area contributed by atoms with Crippen LogP contribution in [0.3, 0.4) is 0 Å². The lowest BCUT2D eigenvalue weighted by Crippen LogP contribution is -2.28. The summed E-state index contributed by atoms with van der Waals surface area (Å²) in [7, 11) is 1.87. The molecule has 2 N–H and O–H groups in total. The fourth-order valence-corrected chi connectivity index (χ4v) is 2.86. The molecule has 0 heterocycles. The van der Waals surface area contributed by atoms with Gasteiger partial charge in [-0.1, -0.05) is 42.5 Å². The first kappa shape index (κ1) is 13.7. The van der Waals surface area contributed by atoms with Crippen LogP contribution in [0.25, 0.3) is 0 Å². The van der Waals surface area contributed by atoms with Gasteiger partial charge in [0.05, 0.1) is 0 Å². The molecule has 3 nitrogen and oxygen atoms in total. The second kappa shape index (κ2) is 5.60. The van der Waals surface area contributed by atoms with Crippen LogP contribution in [-0.4, -0.2) is 17.9 Å². The number of rotatable bonds is 4. The molecule has 2 aromatic rings. The van der Waals surface area contributed by atoms with Gasteiger partial charge in [-0.2, -0.15) is 0 Å². The fourth-order valence-electron chi connectivity index (χ4n) is 2.86.